The van der Waals surface area contributed by atoms with Gasteiger partial charge in [0, 0.05) is 30.6 Å². The number of pyridine rings is 1. The maximum Gasteiger partial charge on any atom is 0.226 e. The molecular weight excluding hydrogens is 367 g/mol. The number of amides is 1. The number of hydrogen-bond donors (Lipinski definition) is 0. The Labute approximate surface area is 157 Å². The second kappa shape index (κ2) is 7.55. The van der Waals surface area contributed by atoms with Gasteiger partial charge in [0.25, 0.3) is 0 Å². The van der Waals surface area contributed by atoms with E-state index in [4.69, 9.17) is 0 Å². The van der Waals surface area contributed by atoms with Crippen molar-refractivity contribution < 1.29 is 9.18 Å². The van der Waals surface area contributed by atoms with Gasteiger partial charge >= 0.3 is 0 Å². The van der Waals surface area contributed by atoms with E-state index in [9.17, 15) is 14.4 Å². The molecule has 3 rings (SSSR count). The Morgan fingerprint density at radius 1 is 1.42 bits per heavy atom. The number of rotatable bonds is 3. The molecule has 4 nitrogen and oxygen atoms in total. The minimum Gasteiger partial charge on any atom is -0.342 e. The number of halogens is 1. The van der Waals surface area contributed by atoms with Crippen LogP contribution in [0.15, 0.2) is 30.5 Å². The van der Waals surface area contributed by atoms with Gasteiger partial charge in [-0.05, 0) is 30.0 Å². The summed E-state index contributed by atoms with van der Waals surface area (Å²) in [6.45, 7) is 3.32. The molecule has 0 saturated carbocycles. The zero-order chi connectivity index (χ0) is 18.9. The highest BCUT2D eigenvalue weighted by Gasteiger charge is 2.32. The van der Waals surface area contributed by atoms with Crippen LogP contribution in [0, 0.1) is 17.2 Å². The molecule has 0 radical (unpaired) electrons. The summed E-state index contributed by atoms with van der Waals surface area (Å²) >= 11 is 0. The lowest BCUT2D eigenvalue weighted by Crippen LogP contribution is -2.43. The molecule has 0 aliphatic carbocycles. The molecule has 2 aromatic rings. The monoisotopic (exact) mass is 389 g/mol. The van der Waals surface area contributed by atoms with E-state index in [2.05, 4.69) is 36.5 Å². The molecule has 1 saturated heterocycles. The normalized spacial score (nSPS) is 20.8. The predicted octanol–water partition coefficient (Wildman–Crippen LogP) is 3.82. The lowest BCUT2D eigenvalue weighted by atomic mass is 9.83. The zero-order valence-electron chi connectivity index (χ0n) is 14.7. The fraction of sp³-hybridized carbons (Fsp3) is 0.421. The fourth-order valence-corrected chi connectivity index (χ4v) is 4.11. The molecule has 4 unspecified atom stereocenters. The summed E-state index contributed by atoms with van der Waals surface area (Å²) in [4.78, 5) is 18.6. The van der Waals surface area contributed by atoms with Crippen molar-refractivity contribution in [3.05, 3.63) is 41.6 Å². The van der Waals surface area contributed by atoms with Crippen molar-refractivity contribution in [3.63, 3.8) is 0 Å². The highest BCUT2D eigenvalue weighted by molar-refractivity contribution is 7.39. The van der Waals surface area contributed by atoms with Crippen LogP contribution in [0.4, 0.5) is 4.39 Å². The van der Waals surface area contributed by atoms with Gasteiger partial charge in [0.05, 0.1) is 17.5 Å². The van der Waals surface area contributed by atoms with Crippen molar-refractivity contribution in [2.24, 2.45) is 5.92 Å². The topological polar surface area (TPSA) is 57.0 Å². The quantitative estimate of drug-likeness (QED) is 0.750. The van der Waals surface area contributed by atoms with E-state index in [1.807, 2.05) is 18.2 Å². The van der Waals surface area contributed by atoms with Gasteiger partial charge in [-0.25, -0.2) is 4.39 Å². The second-order valence-corrected chi connectivity index (χ2v) is 9.74. The largest absolute Gasteiger partial charge is 0.342 e. The van der Waals surface area contributed by atoms with Crippen LogP contribution in [0.2, 0.25) is 0 Å². The molecule has 0 bridgehead atoms. The number of hydrogen-bond acceptors (Lipinski definition) is 3. The second-order valence-electron chi connectivity index (χ2n) is 7.15. The Morgan fingerprint density at radius 3 is 2.88 bits per heavy atom. The van der Waals surface area contributed by atoms with E-state index in [0.717, 1.165) is 17.4 Å². The van der Waals surface area contributed by atoms with Crippen LogP contribution in [0.5, 0.6) is 0 Å². The molecule has 4 atom stereocenters. The summed E-state index contributed by atoms with van der Waals surface area (Å²) in [5.74, 6) is 0.290. The van der Waals surface area contributed by atoms with Crippen LogP contribution in [0.1, 0.15) is 36.8 Å². The molecule has 0 N–H and O–H groups in total. The predicted molar refractivity (Wildman–Crippen MR) is 107 cm³/mol. The smallest absolute Gasteiger partial charge is 0.226 e. The van der Waals surface area contributed by atoms with Crippen LogP contribution in [-0.4, -0.2) is 34.0 Å². The molecule has 26 heavy (non-hydrogen) atoms. The van der Waals surface area contributed by atoms with Crippen LogP contribution < -0.4 is 0 Å². The van der Waals surface area contributed by atoms with Crippen molar-refractivity contribution in [2.45, 2.75) is 30.8 Å². The van der Waals surface area contributed by atoms with Crippen molar-refractivity contribution >= 4 is 35.3 Å². The van der Waals surface area contributed by atoms with E-state index in [1.54, 1.807) is 17.2 Å². The van der Waals surface area contributed by atoms with Gasteiger partial charge < -0.3 is 4.90 Å². The van der Waals surface area contributed by atoms with Gasteiger partial charge in [-0.2, -0.15) is 5.26 Å². The molecule has 136 valence electrons. The van der Waals surface area contributed by atoms with Crippen molar-refractivity contribution in [3.8, 4) is 6.07 Å². The lowest BCUT2D eigenvalue weighted by Gasteiger charge is -2.38. The van der Waals surface area contributed by atoms with Crippen LogP contribution in [0.3, 0.4) is 0 Å². The van der Waals surface area contributed by atoms with Gasteiger partial charge in [0.15, 0.2) is 0 Å². The third-order valence-electron chi connectivity index (χ3n) is 4.80. The van der Waals surface area contributed by atoms with Gasteiger partial charge in [0.2, 0.25) is 5.91 Å². The summed E-state index contributed by atoms with van der Waals surface area (Å²) in [5.41, 5.74) is 2.34. The maximum atomic E-state index is 13.8. The van der Waals surface area contributed by atoms with E-state index in [-0.39, 0.29) is 18.2 Å². The number of carbonyl (C=O) groups is 1. The first-order valence-electron chi connectivity index (χ1n) is 8.60. The number of fused-ring (bicyclic) bond motifs is 1. The van der Waals surface area contributed by atoms with Crippen LogP contribution in [-0.2, 0) is 4.79 Å². The summed E-state index contributed by atoms with van der Waals surface area (Å²) in [6, 6.07) is 9.80. The number of aromatic nitrogens is 1. The van der Waals surface area contributed by atoms with Crippen molar-refractivity contribution in [1.29, 1.82) is 5.26 Å². The molecule has 1 aliphatic heterocycles. The SMILES string of the molecule is CC1CC(c2ccc(C#N)c3ncccc23)CN(C(=O)CC(F)(P)P)C1. The van der Waals surface area contributed by atoms with Crippen molar-refractivity contribution in [2.75, 3.05) is 13.1 Å². The van der Waals surface area contributed by atoms with Gasteiger partial charge in [-0.15, -0.1) is 0 Å². The van der Waals surface area contributed by atoms with E-state index >= 15 is 0 Å². The van der Waals surface area contributed by atoms with Gasteiger partial charge in [0.1, 0.15) is 11.2 Å². The molecule has 1 aromatic heterocycles. The minimum atomic E-state index is -1.67. The summed E-state index contributed by atoms with van der Waals surface area (Å²) < 4.78 is 13.8. The molecule has 1 aromatic carbocycles. The maximum absolute atomic E-state index is 13.8. The number of piperidine rings is 1. The highest BCUT2D eigenvalue weighted by atomic mass is 31.1. The zero-order valence-corrected chi connectivity index (χ0v) is 17.0. The van der Waals surface area contributed by atoms with E-state index < -0.39 is 5.15 Å². The van der Waals surface area contributed by atoms with E-state index in [0.29, 0.717) is 30.1 Å². The number of benzene rings is 1. The number of nitriles is 1. The third-order valence-corrected chi connectivity index (χ3v) is 5.21. The van der Waals surface area contributed by atoms with Crippen LogP contribution in [0.25, 0.3) is 10.9 Å². The first-order valence-corrected chi connectivity index (χ1v) is 9.76. The summed E-state index contributed by atoms with van der Waals surface area (Å²) in [7, 11) is 4.12. The number of alkyl halides is 1. The number of likely N-dealkylation sites (tertiary alicyclic amines) is 1. The van der Waals surface area contributed by atoms with Crippen molar-refractivity contribution in [1.82, 2.24) is 9.88 Å². The molecule has 7 heteroatoms. The fourth-order valence-electron chi connectivity index (χ4n) is 3.77. The Bertz CT molecular complexity index is 875. The minimum absolute atomic E-state index is 0.144. The molecule has 1 amide bonds. The number of nitrogens with zero attached hydrogens (tertiary/aromatic N) is 3. The average Bonchev–Trinajstić information content (AvgIpc) is 2.58. The summed E-state index contributed by atoms with van der Waals surface area (Å²) in [6.07, 6.45) is 2.46. The first kappa shape index (κ1) is 19.2. The average molecular weight is 389 g/mol. The Kier molecular flexibility index (Phi) is 5.56. The number of carbonyl (C=O) groups excluding carboxylic acids is 1. The Hall–Kier alpha value is -1.62. The first-order chi connectivity index (χ1) is 12.3. The third kappa shape index (κ3) is 4.20. The van der Waals surface area contributed by atoms with E-state index in [1.165, 1.54) is 0 Å². The summed E-state index contributed by atoms with van der Waals surface area (Å²) in [5, 5.41) is 8.60. The highest BCUT2D eigenvalue weighted by Crippen LogP contribution is 2.37. The molecule has 0 spiro atoms. The van der Waals surface area contributed by atoms with Gasteiger partial charge in [-0.3, -0.25) is 9.78 Å². The standard InChI is InChI=1S/C19H22FN3OP2/c1-12-7-14(11-23(10-12)17(24)8-19(20,25)26)15-5-4-13(9-21)18-16(15)3-2-6-22-18/h2-6,12,14H,7-8,10-11,25-26H2,1H3. The Balaban J connectivity index is 1.93. The molecule has 2 heterocycles. The van der Waals surface area contributed by atoms with Gasteiger partial charge in [-0.1, -0.05) is 37.5 Å². The Morgan fingerprint density at radius 2 is 2.19 bits per heavy atom. The molecular formula is C19H22FN3OP2. The van der Waals surface area contributed by atoms with Crippen LogP contribution >= 0.6 is 18.5 Å². The molecule has 1 aliphatic rings. The lowest BCUT2D eigenvalue weighted by molar-refractivity contribution is -0.134. The molecule has 1 fully saturated rings.